The van der Waals surface area contributed by atoms with E-state index in [0.29, 0.717) is 0 Å². The molecule has 0 heterocycles. The lowest BCUT2D eigenvalue weighted by Crippen LogP contribution is -2.42. The molecule has 0 aromatic rings. The van der Waals surface area contributed by atoms with Gasteiger partial charge < -0.3 is 18.8 Å². The molecule has 60 valence electrons. The van der Waals surface area contributed by atoms with Gasteiger partial charge in [-0.25, -0.2) is 0 Å². The average molecular weight is 231 g/mol. The Bertz CT molecular complexity index is 129. The summed E-state index contributed by atoms with van der Waals surface area (Å²) < 4.78 is 3.82. The lowest BCUT2D eigenvalue weighted by atomic mass is 10.5. The van der Waals surface area contributed by atoms with E-state index in [-0.39, 0.29) is 0 Å². The highest BCUT2D eigenvalue weighted by molar-refractivity contribution is 9.10. The van der Waals surface area contributed by atoms with Gasteiger partial charge in [-0.05, 0) is 6.92 Å². The molecule has 0 radical (unpaired) electrons. The SMILES string of the molecule is CC(Br)C(=O)O[Si](O)(O)O. The van der Waals surface area contributed by atoms with Gasteiger partial charge in [-0.15, -0.1) is 0 Å². The minimum atomic E-state index is -4.66. The highest BCUT2D eigenvalue weighted by Gasteiger charge is 2.36. The summed E-state index contributed by atoms with van der Waals surface area (Å²) in [5, 5.41) is 0. The maximum absolute atomic E-state index is 10.4. The molecule has 0 rings (SSSR count). The fourth-order valence-corrected chi connectivity index (χ4v) is 0.929. The molecule has 0 bridgehead atoms. The second-order valence-electron chi connectivity index (χ2n) is 1.61. The van der Waals surface area contributed by atoms with Crippen LogP contribution in [0.1, 0.15) is 6.92 Å². The average Bonchev–Trinajstić information content (AvgIpc) is 1.60. The summed E-state index contributed by atoms with van der Waals surface area (Å²) in [6.45, 7) is 1.43. The molecule has 0 amide bonds. The van der Waals surface area contributed by atoms with Gasteiger partial charge in [-0.3, -0.25) is 4.79 Å². The minimum absolute atomic E-state index is 0.661. The molecule has 3 N–H and O–H groups in total. The van der Waals surface area contributed by atoms with Crippen molar-refractivity contribution >= 4 is 30.9 Å². The van der Waals surface area contributed by atoms with Crippen LogP contribution >= 0.6 is 15.9 Å². The van der Waals surface area contributed by atoms with Gasteiger partial charge in [0.2, 0.25) is 0 Å². The van der Waals surface area contributed by atoms with E-state index >= 15 is 0 Å². The molecule has 0 spiro atoms. The van der Waals surface area contributed by atoms with Crippen molar-refractivity contribution in [1.29, 1.82) is 0 Å². The maximum Gasteiger partial charge on any atom is 0.743 e. The molecule has 0 aliphatic carbocycles. The summed E-state index contributed by atoms with van der Waals surface area (Å²) in [6.07, 6.45) is 0. The zero-order chi connectivity index (χ0) is 8.36. The van der Waals surface area contributed by atoms with Crippen LogP contribution < -0.4 is 0 Å². The standard InChI is InChI=1S/C3H7BrO5Si/c1-2(4)3(5)9-10(6,7)8/h2,6-8H,1H3. The normalized spacial score (nSPS) is 14.5. The highest BCUT2D eigenvalue weighted by atomic mass is 79.9. The third kappa shape index (κ3) is 4.88. The van der Waals surface area contributed by atoms with Crippen molar-refractivity contribution < 1.29 is 23.6 Å². The molecule has 0 aromatic heterocycles. The van der Waals surface area contributed by atoms with Crippen LogP contribution in [-0.2, 0) is 9.22 Å². The molecular weight excluding hydrogens is 224 g/mol. The number of carbonyl (C=O) groups is 1. The highest BCUT2D eigenvalue weighted by Crippen LogP contribution is 2.02. The summed E-state index contributed by atoms with van der Waals surface area (Å²) in [7, 11) is -4.66. The maximum atomic E-state index is 10.4. The topological polar surface area (TPSA) is 87.0 Å². The monoisotopic (exact) mass is 230 g/mol. The van der Waals surface area contributed by atoms with Crippen LogP contribution in [-0.4, -0.2) is 34.2 Å². The van der Waals surface area contributed by atoms with E-state index in [9.17, 15) is 4.79 Å². The first-order valence-corrected chi connectivity index (χ1v) is 5.03. The van der Waals surface area contributed by atoms with Gasteiger partial charge in [0.25, 0.3) is 0 Å². The quantitative estimate of drug-likeness (QED) is 0.407. The van der Waals surface area contributed by atoms with Crippen molar-refractivity contribution in [2.45, 2.75) is 11.8 Å². The molecule has 1 unspecified atom stereocenters. The van der Waals surface area contributed by atoms with E-state index in [1.165, 1.54) is 6.92 Å². The summed E-state index contributed by atoms with van der Waals surface area (Å²) in [4.78, 5) is 34.5. The van der Waals surface area contributed by atoms with Crippen molar-refractivity contribution in [3.8, 4) is 0 Å². The molecule has 0 fully saturated rings. The van der Waals surface area contributed by atoms with Gasteiger partial charge in [-0.2, -0.15) is 0 Å². The van der Waals surface area contributed by atoms with Crippen molar-refractivity contribution in [3.05, 3.63) is 0 Å². The first-order chi connectivity index (χ1) is 4.33. The Morgan fingerprint density at radius 2 is 2.00 bits per heavy atom. The largest absolute Gasteiger partial charge is 0.743 e. The minimum Gasteiger partial charge on any atom is -0.451 e. The summed E-state index contributed by atoms with van der Waals surface area (Å²) in [5.74, 6) is -0.904. The Hall–Kier alpha value is 0.0469. The van der Waals surface area contributed by atoms with Crippen molar-refractivity contribution in [1.82, 2.24) is 0 Å². The summed E-state index contributed by atoms with van der Waals surface area (Å²) >= 11 is 2.81. The van der Waals surface area contributed by atoms with E-state index in [1.54, 1.807) is 0 Å². The van der Waals surface area contributed by atoms with Gasteiger partial charge in [0.05, 0.1) is 0 Å². The first kappa shape index (κ1) is 10.0. The van der Waals surface area contributed by atoms with E-state index in [0.717, 1.165) is 0 Å². The molecule has 1 atom stereocenters. The third-order valence-corrected chi connectivity index (χ3v) is 1.41. The van der Waals surface area contributed by atoms with Crippen LogP contribution in [0.25, 0.3) is 0 Å². The van der Waals surface area contributed by atoms with Gasteiger partial charge in [0, 0.05) is 0 Å². The van der Waals surface area contributed by atoms with E-state index in [1.807, 2.05) is 0 Å². The van der Waals surface area contributed by atoms with Crippen molar-refractivity contribution in [3.63, 3.8) is 0 Å². The molecular formula is C3H7BrO5Si. The lowest BCUT2D eigenvalue weighted by Gasteiger charge is -2.10. The fourth-order valence-electron chi connectivity index (χ4n) is 0.216. The van der Waals surface area contributed by atoms with Gasteiger partial charge in [0.15, 0.2) is 0 Å². The molecule has 0 aliphatic heterocycles. The zero-order valence-corrected chi connectivity index (χ0v) is 7.70. The first-order valence-electron chi connectivity index (χ1n) is 2.37. The zero-order valence-electron chi connectivity index (χ0n) is 5.11. The second kappa shape index (κ2) is 3.44. The number of hydrogen-bond donors (Lipinski definition) is 3. The van der Waals surface area contributed by atoms with Gasteiger partial charge >= 0.3 is 15.0 Å². The Labute approximate surface area is 66.9 Å². The molecule has 0 aromatic carbocycles. The number of hydrogen-bond acceptors (Lipinski definition) is 5. The molecule has 0 saturated heterocycles. The molecule has 5 nitrogen and oxygen atoms in total. The van der Waals surface area contributed by atoms with Crippen molar-refractivity contribution in [2.24, 2.45) is 0 Å². The Balaban J connectivity index is 3.81. The van der Waals surface area contributed by atoms with Crippen LogP contribution in [0.15, 0.2) is 0 Å². The van der Waals surface area contributed by atoms with E-state index < -0.39 is 19.8 Å². The van der Waals surface area contributed by atoms with Crippen molar-refractivity contribution in [2.75, 3.05) is 0 Å². The predicted octanol–water partition coefficient (Wildman–Crippen LogP) is -1.27. The van der Waals surface area contributed by atoms with Gasteiger partial charge in [-0.1, -0.05) is 15.9 Å². The number of alkyl halides is 1. The third-order valence-electron chi connectivity index (χ3n) is 0.562. The van der Waals surface area contributed by atoms with Crippen LogP contribution in [0.2, 0.25) is 0 Å². The van der Waals surface area contributed by atoms with Crippen LogP contribution in [0.3, 0.4) is 0 Å². The molecule has 0 aliphatic rings. The fraction of sp³-hybridized carbons (Fsp3) is 0.667. The number of carbonyl (C=O) groups excluding carboxylic acids is 1. The molecule has 10 heavy (non-hydrogen) atoms. The molecule has 0 saturated carbocycles. The Morgan fingerprint density at radius 3 is 2.10 bits per heavy atom. The Morgan fingerprint density at radius 1 is 1.60 bits per heavy atom. The lowest BCUT2D eigenvalue weighted by molar-refractivity contribution is -0.139. The number of rotatable bonds is 2. The Kier molecular flexibility index (Phi) is 3.46. The van der Waals surface area contributed by atoms with Crippen LogP contribution in [0, 0.1) is 0 Å². The predicted molar refractivity (Wildman–Crippen MR) is 36.9 cm³/mol. The summed E-state index contributed by atoms with van der Waals surface area (Å²) in [6, 6.07) is 0. The van der Waals surface area contributed by atoms with E-state index in [2.05, 4.69) is 20.4 Å². The summed E-state index contributed by atoms with van der Waals surface area (Å²) in [5.41, 5.74) is 0. The van der Waals surface area contributed by atoms with Crippen LogP contribution in [0.5, 0.6) is 0 Å². The van der Waals surface area contributed by atoms with Crippen LogP contribution in [0.4, 0.5) is 0 Å². The number of halogens is 1. The second-order valence-corrected chi connectivity index (χ2v) is 4.34. The molecule has 7 heteroatoms. The van der Waals surface area contributed by atoms with Gasteiger partial charge in [0.1, 0.15) is 4.83 Å². The smallest absolute Gasteiger partial charge is 0.451 e. The van der Waals surface area contributed by atoms with E-state index in [4.69, 9.17) is 14.4 Å².